The van der Waals surface area contributed by atoms with Crippen LogP contribution in [0, 0.1) is 5.92 Å². The Labute approximate surface area is 115 Å². The van der Waals surface area contributed by atoms with E-state index < -0.39 is 0 Å². The van der Waals surface area contributed by atoms with Crippen molar-refractivity contribution in [3.05, 3.63) is 23.8 Å². The molecule has 106 valence electrons. The second kappa shape index (κ2) is 7.36. The molecule has 2 rings (SSSR count). The van der Waals surface area contributed by atoms with Gasteiger partial charge in [-0.3, -0.25) is 0 Å². The van der Waals surface area contributed by atoms with Crippen LogP contribution in [0.4, 0.5) is 0 Å². The molecule has 19 heavy (non-hydrogen) atoms. The Bertz CT molecular complexity index is 392. The minimum Gasteiger partial charge on any atom is -0.490 e. The number of rotatable bonds is 6. The van der Waals surface area contributed by atoms with Gasteiger partial charge in [0.1, 0.15) is 0 Å². The summed E-state index contributed by atoms with van der Waals surface area (Å²) in [5.41, 5.74) is 6.91. The topological polar surface area (TPSA) is 56.5 Å². The van der Waals surface area contributed by atoms with E-state index in [-0.39, 0.29) is 0 Å². The Kier molecular flexibility index (Phi) is 5.48. The summed E-state index contributed by atoms with van der Waals surface area (Å²) in [6.07, 6.45) is 2.06. The molecule has 0 spiro atoms. The van der Waals surface area contributed by atoms with E-state index >= 15 is 0 Å². The Morgan fingerprint density at radius 1 is 1.26 bits per heavy atom. The number of nitrogens with one attached hydrogen (secondary N) is 1. The highest BCUT2D eigenvalue weighted by atomic mass is 16.5. The fraction of sp³-hybridized carbons (Fsp3) is 0.600. The largest absolute Gasteiger partial charge is 0.490 e. The van der Waals surface area contributed by atoms with Crippen LogP contribution in [0.15, 0.2) is 18.2 Å². The molecule has 0 aliphatic carbocycles. The molecule has 1 aliphatic heterocycles. The number of fused-ring (bicyclic) bond motifs is 1. The molecular weight excluding hydrogens is 240 g/mol. The van der Waals surface area contributed by atoms with E-state index in [9.17, 15) is 0 Å². The summed E-state index contributed by atoms with van der Waals surface area (Å²) in [6.45, 7) is 6.18. The summed E-state index contributed by atoms with van der Waals surface area (Å²) in [5.74, 6) is 2.28. The van der Waals surface area contributed by atoms with Crippen LogP contribution in [0.2, 0.25) is 0 Å². The first kappa shape index (κ1) is 14.2. The maximum Gasteiger partial charge on any atom is 0.161 e. The van der Waals surface area contributed by atoms with Crippen LogP contribution < -0.4 is 20.5 Å². The first-order valence-corrected chi connectivity index (χ1v) is 7.12. The fourth-order valence-electron chi connectivity index (χ4n) is 2.13. The Morgan fingerprint density at radius 3 is 2.79 bits per heavy atom. The predicted molar refractivity (Wildman–Crippen MR) is 76.6 cm³/mol. The van der Waals surface area contributed by atoms with Crippen molar-refractivity contribution in [3.63, 3.8) is 0 Å². The van der Waals surface area contributed by atoms with Gasteiger partial charge in [-0.2, -0.15) is 0 Å². The number of nitrogens with two attached hydrogens (primary N) is 1. The normalized spacial score (nSPS) is 15.9. The maximum absolute atomic E-state index is 5.69. The van der Waals surface area contributed by atoms with Gasteiger partial charge >= 0.3 is 0 Å². The van der Waals surface area contributed by atoms with Crippen molar-refractivity contribution < 1.29 is 9.47 Å². The first-order chi connectivity index (χ1) is 9.33. The van der Waals surface area contributed by atoms with Crippen LogP contribution in [0.25, 0.3) is 0 Å². The molecule has 0 bridgehead atoms. The summed E-state index contributed by atoms with van der Waals surface area (Å²) in [5, 5.41) is 3.45. The third-order valence-corrected chi connectivity index (χ3v) is 3.48. The van der Waals surface area contributed by atoms with Crippen LogP contribution >= 0.6 is 0 Å². The molecule has 0 amide bonds. The van der Waals surface area contributed by atoms with Gasteiger partial charge < -0.3 is 20.5 Å². The van der Waals surface area contributed by atoms with Gasteiger partial charge in [-0.1, -0.05) is 19.4 Å². The van der Waals surface area contributed by atoms with E-state index in [2.05, 4.69) is 24.4 Å². The molecule has 4 nitrogen and oxygen atoms in total. The number of ether oxygens (including phenoxy) is 2. The molecule has 0 saturated heterocycles. The molecular formula is C15H24N2O2. The highest BCUT2D eigenvalue weighted by Gasteiger charge is 2.10. The zero-order valence-electron chi connectivity index (χ0n) is 11.7. The minimum absolute atomic E-state index is 0.556. The van der Waals surface area contributed by atoms with E-state index in [1.54, 1.807) is 0 Å². The van der Waals surface area contributed by atoms with Crippen LogP contribution in [-0.2, 0) is 6.54 Å². The highest BCUT2D eigenvalue weighted by molar-refractivity contribution is 5.43. The summed E-state index contributed by atoms with van der Waals surface area (Å²) >= 11 is 0. The van der Waals surface area contributed by atoms with E-state index in [1.165, 1.54) is 5.56 Å². The molecule has 4 heteroatoms. The molecule has 0 radical (unpaired) electrons. The van der Waals surface area contributed by atoms with Crippen LogP contribution in [0.5, 0.6) is 11.5 Å². The van der Waals surface area contributed by atoms with E-state index in [1.807, 2.05) is 6.07 Å². The molecule has 0 saturated carbocycles. The van der Waals surface area contributed by atoms with Crippen molar-refractivity contribution in [2.24, 2.45) is 11.7 Å². The molecule has 1 unspecified atom stereocenters. The second-order valence-corrected chi connectivity index (χ2v) is 4.97. The average molecular weight is 264 g/mol. The molecule has 1 aromatic rings. The van der Waals surface area contributed by atoms with Gasteiger partial charge in [0.25, 0.3) is 0 Å². The van der Waals surface area contributed by atoms with Gasteiger partial charge in [-0.05, 0) is 36.7 Å². The van der Waals surface area contributed by atoms with Gasteiger partial charge in [0.2, 0.25) is 0 Å². The lowest BCUT2D eigenvalue weighted by molar-refractivity contribution is 0.297. The molecule has 1 atom stereocenters. The average Bonchev–Trinajstić information content (AvgIpc) is 2.68. The summed E-state index contributed by atoms with van der Waals surface area (Å²) < 4.78 is 11.3. The van der Waals surface area contributed by atoms with Crippen molar-refractivity contribution in [1.29, 1.82) is 0 Å². The van der Waals surface area contributed by atoms with Gasteiger partial charge in [0.15, 0.2) is 11.5 Å². The van der Waals surface area contributed by atoms with E-state index in [0.29, 0.717) is 5.92 Å². The lowest BCUT2D eigenvalue weighted by atomic mass is 10.1. The number of benzene rings is 1. The van der Waals surface area contributed by atoms with Gasteiger partial charge in [-0.25, -0.2) is 0 Å². The predicted octanol–water partition coefficient (Wildman–Crippen LogP) is 1.92. The third-order valence-electron chi connectivity index (χ3n) is 3.48. The molecule has 1 aromatic carbocycles. The summed E-state index contributed by atoms with van der Waals surface area (Å²) in [7, 11) is 0. The Morgan fingerprint density at radius 2 is 2.05 bits per heavy atom. The van der Waals surface area contributed by atoms with Crippen LogP contribution in [-0.4, -0.2) is 26.3 Å². The first-order valence-electron chi connectivity index (χ1n) is 7.12. The molecule has 0 aromatic heterocycles. The van der Waals surface area contributed by atoms with Crippen molar-refractivity contribution >= 4 is 0 Å². The van der Waals surface area contributed by atoms with Crippen molar-refractivity contribution in [2.45, 2.75) is 26.3 Å². The van der Waals surface area contributed by atoms with Crippen LogP contribution in [0.3, 0.4) is 0 Å². The van der Waals surface area contributed by atoms with E-state index in [0.717, 1.165) is 57.2 Å². The minimum atomic E-state index is 0.556. The number of hydrogen-bond acceptors (Lipinski definition) is 4. The summed E-state index contributed by atoms with van der Waals surface area (Å²) in [4.78, 5) is 0. The summed E-state index contributed by atoms with van der Waals surface area (Å²) in [6, 6.07) is 6.15. The van der Waals surface area contributed by atoms with Gasteiger partial charge in [0.05, 0.1) is 13.2 Å². The Balaban J connectivity index is 1.89. The fourth-order valence-corrected chi connectivity index (χ4v) is 2.13. The maximum atomic E-state index is 5.69. The lowest BCUT2D eigenvalue weighted by Gasteiger charge is -2.14. The molecule has 1 heterocycles. The van der Waals surface area contributed by atoms with Crippen LogP contribution in [0.1, 0.15) is 25.3 Å². The SMILES string of the molecule is CCC(CN)CNCc1ccc2c(c1)OCCCO2. The van der Waals surface area contributed by atoms with Gasteiger partial charge in [-0.15, -0.1) is 0 Å². The van der Waals surface area contributed by atoms with Crippen molar-refractivity contribution in [3.8, 4) is 11.5 Å². The van der Waals surface area contributed by atoms with Crippen molar-refractivity contribution in [2.75, 3.05) is 26.3 Å². The number of hydrogen-bond donors (Lipinski definition) is 2. The highest BCUT2D eigenvalue weighted by Crippen LogP contribution is 2.30. The molecule has 0 fully saturated rings. The molecule has 1 aliphatic rings. The smallest absolute Gasteiger partial charge is 0.161 e. The van der Waals surface area contributed by atoms with Gasteiger partial charge in [0, 0.05) is 13.0 Å². The lowest BCUT2D eigenvalue weighted by Crippen LogP contribution is -2.27. The zero-order chi connectivity index (χ0) is 13.5. The molecule has 3 N–H and O–H groups in total. The standard InChI is InChI=1S/C15H24N2O2/c1-2-12(9-16)10-17-11-13-4-5-14-15(8-13)19-7-3-6-18-14/h4-5,8,12,17H,2-3,6-7,9-11,16H2,1H3. The van der Waals surface area contributed by atoms with Crippen molar-refractivity contribution in [1.82, 2.24) is 5.32 Å². The third kappa shape index (κ3) is 4.11. The monoisotopic (exact) mass is 264 g/mol. The Hall–Kier alpha value is -1.26. The van der Waals surface area contributed by atoms with E-state index in [4.69, 9.17) is 15.2 Å². The zero-order valence-corrected chi connectivity index (χ0v) is 11.7. The quantitative estimate of drug-likeness (QED) is 0.824. The second-order valence-electron chi connectivity index (χ2n) is 4.97.